The summed E-state index contributed by atoms with van der Waals surface area (Å²) >= 11 is 0. The van der Waals surface area contributed by atoms with Crippen LogP contribution in [0.5, 0.6) is 0 Å². The monoisotopic (exact) mass is 1330 g/mol. The van der Waals surface area contributed by atoms with Gasteiger partial charge in [-0.2, -0.15) is 0 Å². The molecule has 0 aliphatic carbocycles. The number of ether oxygens (including phenoxy) is 6. The fraction of sp³-hybridized carbons (Fsp3) is 0.878. The second-order valence-corrected chi connectivity index (χ2v) is 26.7. The van der Waals surface area contributed by atoms with Crippen LogP contribution in [0.2, 0.25) is 0 Å². The maximum absolute atomic E-state index is 13.4. The number of aliphatic hydroxyl groups is 11. The van der Waals surface area contributed by atoms with E-state index in [2.05, 4.69) is 67.8 Å². The molecule has 0 saturated carbocycles. The summed E-state index contributed by atoms with van der Waals surface area (Å²) in [7, 11) is 0. The van der Waals surface area contributed by atoms with Crippen LogP contribution in [0.3, 0.4) is 0 Å². The van der Waals surface area contributed by atoms with E-state index >= 15 is 0 Å². The zero-order valence-corrected chi connectivity index (χ0v) is 57.7. The Hall–Kier alpha value is -2.25. The van der Waals surface area contributed by atoms with Gasteiger partial charge >= 0.3 is 0 Å². The van der Waals surface area contributed by atoms with Gasteiger partial charge in [0.2, 0.25) is 5.91 Å². The Labute approximate surface area is 561 Å². The van der Waals surface area contributed by atoms with Gasteiger partial charge in [-0.3, -0.25) is 4.79 Å². The van der Waals surface area contributed by atoms with Crippen molar-refractivity contribution in [2.75, 3.05) is 26.4 Å². The van der Waals surface area contributed by atoms with Crippen LogP contribution in [0, 0.1) is 0 Å². The zero-order chi connectivity index (χ0) is 67.5. The number of hydrogen-bond donors (Lipinski definition) is 12. The third-order valence-electron chi connectivity index (χ3n) is 18.7. The molecule has 0 bridgehead atoms. The van der Waals surface area contributed by atoms with Crippen molar-refractivity contribution in [1.29, 1.82) is 0 Å². The number of carbonyl (C=O) groups excluding carboxylic acids is 1. The van der Waals surface area contributed by atoms with Crippen molar-refractivity contribution in [3.05, 3.63) is 48.6 Å². The molecule has 19 nitrogen and oxygen atoms in total. The lowest BCUT2D eigenvalue weighted by molar-refractivity contribution is -0.379. The molecular formula is C74H135NO18. The number of rotatable bonds is 58. The Kier molecular flexibility index (Phi) is 50.8. The molecule has 0 aromatic carbocycles. The average molecular weight is 1330 g/mol. The molecule has 17 atom stereocenters. The third kappa shape index (κ3) is 37.0. The maximum atomic E-state index is 13.4. The van der Waals surface area contributed by atoms with Gasteiger partial charge in [-0.05, 0) is 51.4 Å². The minimum Gasteiger partial charge on any atom is -0.394 e. The highest BCUT2D eigenvalue weighted by molar-refractivity contribution is 5.76. The van der Waals surface area contributed by atoms with Crippen LogP contribution in [0.15, 0.2) is 48.6 Å². The van der Waals surface area contributed by atoms with Gasteiger partial charge < -0.3 is 89.9 Å². The highest BCUT2D eigenvalue weighted by Gasteiger charge is 2.53. The smallest absolute Gasteiger partial charge is 0.220 e. The van der Waals surface area contributed by atoms with E-state index in [-0.39, 0.29) is 18.9 Å². The highest BCUT2D eigenvalue weighted by atomic mass is 16.8. The van der Waals surface area contributed by atoms with Gasteiger partial charge in [0.25, 0.3) is 0 Å². The lowest BCUT2D eigenvalue weighted by Crippen LogP contribution is -2.66. The molecule has 17 unspecified atom stereocenters. The van der Waals surface area contributed by atoms with Crippen LogP contribution >= 0.6 is 0 Å². The van der Waals surface area contributed by atoms with Crippen molar-refractivity contribution in [1.82, 2.24) is 5.32 Å². The molecule has 3 fully saturated rings. The predicted molar refractivity (Wildman–Crippen MR) is 365 cm³/mol. The first-order chi connectivity index (χ1) is 45.3. The topological polar surface area (TPSA) is 307 Å². The molecule has 3 rings (SSSR count). The van der Waals surface area contributed by atoms with Crippen molar-refractivity contribution in [2.45, 2.75) is 388 Å². The molecule has 3 aliphatic heterocycles. The standard InChI is InChI=1S/C74H135NO18/c1-3-5-7-9-11-13-15-17-18-19-20-21-22-23-24-25-26-27-28-29-30-31-32-33-34-35-36-37-38-40-42-44-46-48-50-52-62(80)75-57(58(79)51-49-47-45-43-41-39-16-14-12-10-8-6-4-2)56-88-72-68(86)65(83)70(60(54-77)90-72)93-74-69(87)66(84)71(61(55-78)91-74)92-73-67(85)64(82)63(81)59(53-76)89-73/h5,7,11,13,17-18,20-21,57-61,63-74,76-79,81-87H,3-4,6,8-10,12,14-16,19,22-56H2,1-2H3,(H,75,80)/b7-5-,13-11-,18-17-,21-20-. The first-order valence-electron chi connectivity index (χ1n) is 37.4. The number of amides is 1. The Morgan fingerprint density at radius 2 is 0.742 bits per heavy atom. The van der Waals surface area contributed by atoms with Crippen LogP contribution in [0.25, 0.3) is 0 Å². The van der Waals surface area contributed by atoms with Crippen LogP contribution < -0.4 is 5.32 Å². The largest absolute Gasteiger partial charge is 0.394 e. The molecule has 3 heterocycles. The first kappa shape index (κ1) is 85.0. The Morgan fingerprint density at radius 1 is 0.398 bits per heavy atom. The molecule has 544 valence electrons. The summed E-state index contributed by atoms with van der Waals surface area (Å²) in [6.45, 7) is 1.70. The molecule has 3 saturated heterocycles. The minimum atomic E-state index is -1.97. The van der Waals surface area contributed by atoms with Crippen molar-refractivity contribution in [3.8, 4) is 0 Å². The molecule has 0 spiro atoms. The number of carbonyl (C=O) groups is 1. The van der Waals surface area contributed by atoms with Crippen molar-refractivity contribution in [2.24, 2.45) is 0 Å². The minimum absolute atomic E-state index is 0.239. The van der Waals surface area contributed by atoms with Crippen molar-refractivity contribution in [3.63, 3.8) is 0 Å². The van der Waals surface area contributed by atoms with E-state index in [1.807, 2.05) is 0 Å². The molecule has 93 heavy (non-hydrogen) atoms. The number of nitrogens with one attached hydrogen (secondary N) is 1. The SMILES string of the molecule is CC/C=C\C/C=C\C/C=C\C/C=C\CCCCCCCCCCCCCCCCCCCCCCCCC(=O)NC(COC1OC(CO)C(OC2OC(CO)C(OC3OC(CO)C(O)C(O)C3O)C(O)C2O)C(O)C1O)C(O)CCCCCCCCCCCCCCC. The summed E-state index contributed by atoms with van der Waals surface area (Å²) in [4.78, 5) is 13.4. The van der Waals surface area contributed by atoms with Crippen LogP contribution in [0.1, 0.15) is 284 Å². The van der Waals surface area contributed by atoms with Crippen LogP contribution in [-0.4, -0.2) is 193 Å². The number of unbranched alkanes of at least 4 members (excludes halogenated alkanes) is 34. The quantitative estimate of drug-likeness (QED) is 0.0199. The Bertz CT molecular complexity index is 1870. The molecule has 0 aromatic rings. The summed E-state index contributed by atoms with van der Waals surface area (Å²) in [6.07, 6.45) is 40.7. The molecule has 1 amide bonds. The molecule has 0 aromatic heterocycles. The summed E-state index contributed by atoms with van der Waals surface area (Å²) in [6, 6.07) is -0.885. The van der Waals surface area contributed by atoms with Gasteiger partial charge in [-0.1, -0.05) is 274 Å². The van der Waals surface area contributed by atoms with Gasteiger partial charge in [0.15, 0.2) is 18.9 Å². The molecule has 0 radical (unpaired) electrons. The van der Waals surface area contributed by atoms with Gasteiger partial charge in [0, 0.05) is 6.42 Å². The van der Waals surface area contributed by atoms with E-state index in [4.69, 9.17) is 28.4 Å². The van der Waals surface area contributed by atoms with E-state index in [0.717, 1.165) is 70.6 Å². The Balaban J connectivity index is 1.31. The summed E-state index contributed by atoms with van der Waals surface area (Å²) < 4.78 is 34.4. The lowest BCUT2D eigenvalue weighted by atomic mass is 9.96. The lowest BCUT2D eigenvalue weighted by Gasteiger charge is -2.48. The maximum Gasteiger partial charge on any atom is 0.220 e. The third-order valence-corrected chi connectivity index (χ3v) is 18.7. The summed E-state index contributed by atoms with van der Waals surface area (Å²) in [5.41, 5.74) is 0. The summed E-state index contributed by atoms with van der Waals surface area (Å²) in [5.74, 6) is -0.239. The first-order valence-corrected chi connectivity index (χ1v) is 37.4. The predicted octanol–water partition coefficient (Wildman–Crippen LogP) is 10.9. The van der Waals surface area contributed by atoms with Crippen molar-refractivity contribution < 1.29 is 89.4 Å². The fourth-order valence-corrected chi connectivity index (χ4v) is 12.7. The molecule has 19 heteroatoms. The molecule has 12 N–H and O–H groups in total. The Morgan fingerprint density at radius 3 is 1.16 bits per heavy atom. The van der Waals surface area contributed by atoms with Gasteiger partial charge in [0.05, 0.1) is 38.6 Å². The second kappa shape index (κ2) is 55.6. The van der Waals surface area contributed by atoms with Gasteiger partial charge in [-0.25, -0.2) is 0 Å². The van der Waals surface area contributed by atoms with Crippen molar-refractivity contribution >= 4 is 5.91 Å². The fourth-order valence-electron chi connectivity index (χ4n) is 12.7. The van der Waals surface area contributed by atoms with Crippen LogP contribution in [-0.2, 0) is 33.2 Å². The van der Waals surface area contributed by atoms with E-state index in [0.29, 0.717) is 12.8 Å². The number of aliphatic hydroxyl groups excluding tert-OH is 11. The molecular weight excluding hydrogens is 1190 g/mol. The summed E-state index contributed by atoms with van der Waals surface area (Å²) in [5, 5.41) is 121. The number of hydrogen-bond acceptors (Lipinski definition) is 18. The number of allylic oxidation sites excluding steroid dienone is 8. The zero-order valence-electron chi connectivity index (χ0n) is 57.7. The highest BCUT2D eigenvalue weighted by Crippen LogP contribution is 2.33. The average Bonchev–Trinajstić information content (AvgIpc) is 0.842. The van der Waals surface area contributed by atoms with E-state index in [1.165, 1.54) is 180 Å². The molecule has 3 aliphatic rings. The van der Waals surface area contributed by atoms with Crippen LogP contribution in [0.4, 0.5) is 0 Å². The second-order valence-electron chi connectivity index (χ2n) is 26.7. The van der Waals surface area contributed by atoms with E-state index in [1.54, 1.807) is 0 Å². The van der Waals surface area contributed by atoms with E-state index < -0.39 is 124 Å². The van der Waals surface area contributed by atoms with E-state index in [9.17, 15) is 61.0 Å². The van der Waals surface area contributed by atoms with Gasteiger partial charge in [-0.15, -0.1) is 0 Å². The normalized spacial score (nSPS) is 27.8. The van der Waals surface area contributed by atoms with Gasteiger partial charge in [0.1, 0.15) is 73.2 Å².